The number of hydrogen-bond donors (Lipinski definition) is 2. The summed E-state index contributed by atoms with van der Waals surface area (Å²) in [5, 5.41) is 2.84. The lowest BCUT2D eigenvalue weighted by Gasteiger charge is -2.26. The maximum atomic E-state index is 13.5. The van der Waals surface area contributed by atoms with E-state index in [0.29, 0.717) is 37.5 Å². The van der Waals surface area contributed by atoms with E-state index >= 15 is 0 Å². The van der Waals surface area contributed by atoms with Gasteiger partial charge < -0.3 is 25.4 Å². The lowest BCUT2D eigenvalue weighted by atomic mass is 10.2. The minimum atomic E-state index is -5.09. The number of ether oxygens (including phenoxy) is 2. The number of amides is 2. The van der Waals surface area contributed by atoms with E-state index in [2.05, 4.69) is 15.0 Å². The molecule has 1 saturated heterocycles. The monoisotopic (exact) mass is 448 g/mol. The van der Waals surface area contributed by atoms with Gasteiger partial charge in [-0.3, -0.25) is 9.59 Å². The Bertz CT molecular complexity index is 944. The highest BCUT2D eigenvalue weighted by atomic mass is 32.1. The highest BCUT2D eigenvalue weighted by Gasteiger charge is 2.32. The van der Waals surface area contributed by atoms with E-state index in [0.717, 1.165) is 23.5 Å². The van der Waals surface area contributed by atoms with Crippen LogP contribution in [0.15, 0.2) is 18.2 Å². The first-order valence-electron chi connectivity index (χ1n) is 8.60. The van der Waals surface area contributed by atoms with Crippen LogP contribution < -0.4 is 20.7 Å². The second-order valence-corrected chi connectivity index (χ2v) is 7.13. The molecule has 0 atom stereocenters. The lowest BCUT2D eigenvalue weighted by molar-refractivity contribution is -0.275. The van der Waals surface area contributed by atoms with E-state index in [1.165, 1.54) is 0 Å². The van der Waals surface area contributed by atoms with Gasteiger partial charge in [0.2, 0.25) is 5.91 Å². The molecule has 0 radical (unpaired) electrons. The Labute approximate surface area is 171 Å². The van der Waals surface area contributed by atoms with Gasteiger partial charge in [0.1, 0.15) is 4.88 Å². The van der Waals surface area contributed by atoms with Gasteiger partial charge in [-0.15, -0.1) is 13.2 Å². The van der Waals surface area contributed by atoms with E-state index in [1.54, 1.807) is 0 Å². The van der Waals surface area contributed by atoms with Crippen molar-refractivity contribution in [2.24, 2.45) is 5.73 Å². The summed E-state index contributed by atoms with van der Waals surface area (Å²) in [6.45, 7) is 2.12. The minimum absolute atomic E-state index is 0.104. The first kappa shape index (κ1) is 21.8. The Morgan fingerprint density at radius 1 is 1.30 bits per heavy atom. The third-order valence-electron chi connectivity index (χ3n) is 3.96. The average Bonchev–Trinajstić information content (AvgIpc) is 3.08. The van der Waals surface area contributed by atoms with Crippen molar-refractivity contribution in [2.45, 2.75) is 12.8 Å². The van der Waals surface area contributed by atoms with Crippen molar-refractivity contribution in [2.75, 3.05) is 36.5 Å². The van der Waals surface area contributed by atoms with E-state index < -0.39 is 29.7 Å². The quantitative estimate of drug-likeness (QED) is 0.657. The molecule has 2 heterocycles. The Hall–Kier alpha value is -2.93. The van der Waals surface area contributed by atoms with Crippen molar-refractivity contribution in [1.29, 1.82) is 0 Å². The zero-order chi connectivity index (χ0) is 21.9. The van der Waals surface area contributed by atoms with Crippen LogP contribution in [0.2, 0.25) is 0 Å². The number of nitrogens with two attached hydrogens (primary N) is 1. The molecule has 1 aliphatic heterocycles. The number of carbonyl (C=O) groups excluding carboxylic acids is 2. The van der Waals surface area contributed by atoms with E-state index in [1.807, 2.05) is 4.90 Å². The molecule has 13 heteroatoms. The summed E-state index contributed by atoms with van der Waals surface area (Å²) in [5.74, 6) is -3.75. The van der Waals surface area contributed by atoms with Gasteiger partial charge in [0.25, 0.3) is 5.91 Å². The molecule has 1 aromatic heterocycles. The SMILES string of the molecule is NC(=O)c1sc(N2CCOCC2)nc1CC(=O)Nc1ccc(F)c(OC(F)(F)F)c1. The molecule has 8 nitrogen and oxygen atoms in total. The molecule has 0 spiro atoms. The van der Waals surface area contributed by atoms with Crippen molar-refractivity contribution < 1.29 is 36.6 Å². The van der Waals surface area contributed by atoms with Crippen LogP contribution in [0, 0.1) is 5.82 Å². The fourth-order valence-corrected chi connectivity index (χ4v) is 3.67. The number of thiazole rings is 1. The van der Waals surface area contributed by atoms with Gasteiger partial charge >= 0.3 is 6.36 Å². The molecule has 0 unspecified atom stereocenters. The van der Waals surface area contributed by atoms with Crippen LogP contribution >= 0.6 is 11.3 Å². The molecule has 2 aromatic rings. The van der Waals surface area contributed by atoms with E-state index in [9.17, 15) is 27.2 Å². The van der Waals surface area contributed by atoms with Crippen LogP contribution in [0.5, 0.6) is 5.75 Å². The number of primary amides is 1. The molecule has 1 fully saturated rings. The molecular formula is C17H16F4N4O4S. The molecule has 0 saturated carbocycles. The number of rotatable bonds is 6. The van der Waals surface area contributed by atoms with Crippen molar-refractivity contribution in [1.82, 2.24) is 4.98 Å². The van der Waals surface area contributed by atoms with Gasteiger partial charge in [0.05, 0.1) is 25.3 Å². The first-order chi connectivity index (χ1) is 14.1. The van der Waals surface area contributed by atoms with Gasteiger partial charge in [0.15, 0.2) is 16.7 Å². The normalized spacial score (nSPS) is 14.5. The summed E-state index contributed by atoms with van der Waals surface area (Å²) >= 11 is 1.04. The average molecular weight is 448 g/mol. The van der Waals surface area contributed by atoms with Gasteiger partial charge in [-0.2, -0.15) is 0 Å². The standard InChI is InChI=1S/C17H16F4N4O4S/c18-10-2-1-9(7-12(10)29-17(19,20)21)23-13(26)8-11-14(15(22)27)30-16(24-11)25-3-5-28-6-4-25/h1-2,7H,3-6,8H2,(H2,22,27)(H,23,26). The molecule has 3 rings (SSSR count). The molecule has 30 heavy (non-hydrogen) atoms. The van der Waals surface area contributed by atoms with Gasteiger partial charge in [-0.25, -0.2) is 9.37 Å². The summed E-state index contributed by atoms with van der Waals surface area (Å²) in [7, 11) is 0. The zero-order valence-electron chi connectivity index (χ0n) is 15.3. The predicted molar refractivity (Wildman–Crippen MR) is 99.1 cm³/mol. The summed E-state index contributed by atoms with van der Waals surface area (Å²) in [4.78, 5) is 30.4. The third kappa shape index (κ3) is 5.57. The maximum absolute atomic E-state index is 13.5. The van der Waals surface area contributed by atoms with Gasteiger partial charge in [-0.05, 0) is 12.1 Å². The second kappa shape index (κ2) is 8.83. The number of nitrogens with one attached hydrogen (secondary N) is 1. The fraction of sp³-hybridized carbons (Fsp3) is 0.353. The largest absolute Gasteiger partial charge is 0.573 e. The third-order valence-corrected chi connectivity index (χ3v) is 5.13. The molecule has 3 N–H and O–H groups in total. The highest BCUT2D eigenvalue weighted by Crippen LogP contribution is 2.29. The number of morpholine rings is 1. The zero-order valence-corrected chi connectivity index (χ0v) is 16.1. The number of benzene rings is 1. The summed E-state index contributed by atoms with van der Waals surface area (Å²) in [6.07, 6.45) is -5.44. The van der Waals surface area contributed by atoms with Crippen LogP contribution in [-0.4, -0.2) is 49.5 Å². The number of anilines is 2. The highest BCUT2D eigenvalue weighted by molar-refractivity contribution is 7.17. The smallest absolute Gasteiger partial charge is 0.403 e. The van der Waals surface area contributed by atoms with Crippen LogP contribution in [0.4, 0.5) is 28.4 Å². The predicted octanol–water partition coefficient (Wildman–Crippen LogP) is 2.30. The molecule has 0 bridgehead atoms. The summed E-state index contributed by atoms with van der Waals surface area (Å²) < 4.78 is 59.4. The van der Waals surface area contributed by atoms with Crippen LogP contribution in [0.25, 0.3) is 0 Å². The fourth-order valence-electron chi connectivity index (χ4n) is 2.68. The molecule has 1 aliphatic rings. The van der Waals surface area contributed by atoms with Crippen molar-refractivity contribution >= 4 is 34.0 Å². The molecule has 0 aliphatic carbocycles. The van der Waals surface area contributed by atoms with Crippen LogP contribution in [0.1, 0.15) is 15.4 Å². The molecule has 1 aromatic carbocycles. The van der Waals surface area contributed by atoms with Gasteiger partial charge in [-0.1, -0.05) is 11.3 Å². The number of alkyl halides is 3. The Balaban J connectivity index is 1.73. The summed E-state index contributed by atoms with van der Waals surface area (Å²) in [5.41, 5.74) is 5.39. The van der Waals surface area contributed by atoms with E-state index in [-0.39, 0.29) is 22.7 Å². The van der Waals surface area contributed by atoms with E-state index in [4.69, 9.17) is 10.5 Å². The van der Waals surface area contributed by atoms with Crippen LogP contribution in [0.3, 0.4) is 0 Å². The Morgan fingerprint density at radius 3 is 2.63 bits per heavy atom. The number of aromatic nitrogens is 1. The minimum Gasteiger partial charge on any atom is -0.403 e. The molecule has 2 amide bonds. The second-order valence-electron chi connectivity index (χ2n) is 6.15. The van der Waals surface area contributed by atoms with Crippen molar-refractivity contribution in [3.63, 3.8) is 0 Å². The van der Waals surface area contributed by atoms with Crippen LogP contribution in [-0.2, 0) is 16.0 Å². The Kier molecular flexibility index (Phi) is 6.41. The number of carbonyl (C=O) groups is 2. The Morgan fingerprint density at radius 2 is 2.00 bits per heavy atom. The van der Waals surface area contributed by atoms with Crippen molar-refractivity contribution in [3.8, 4) is 5.75 Å². The number of halogens is 4. The topological polar surface area (TPSA) is 107 Å². The molecular weight excluding hydrogens is 432 g/mol. The lowest BCUT2D eigenvalue weighted by Crippen LogP contribution is -2.36. The number of hydrogen-bond acceptors (Lipinski definition) is 7. The molecule has 162 valence electrons. The first-order valence-corrected chi connectivity index (χ1v) is 9.41. The maximum Gasteiger partial charge on any atom is 0.573 e. The van der Waals surface area contributed by atoms with Crippen molar-refractivity contribution in [3.05, 3.63) is 34.6 Å². The van der Waals surface area contributed by atoms with Gasteiger partial charge in [0, 0.05) is 24.8 Å². The summed E-state index contributed by atoms with van der Waals surface area (Å²) in [6, 6.07) is 2.51. The number of nitrogens with zero attached hydrogens (tertiary/aromatic N) is 2.